The molecule has 0 aliphatic carbocycles. The molecule has 0 saturated carbocycles. The number of carbonyl (C=O) groups excluding carboxylic acids is 1. The van der Waals surface area contributed by atoms with Gasteiger partial charge in [0.15, 0.2) is 11.5 Å². The van der Waals surface area contributed by atoms with Gasteiger partial charge in [-0.1, -0.05) is 0 Å². The molecule has 0 aromatic heterocycles. The Balaban J connectivity index is 1.64. The molecule has 30 heavy (non-hydrogen) atoms. The molecule has 164 valence electrons. The number of amides is 2. The predicted molar refractivity (Wildman–Crippen MR) is 107 cm³/mol. The highest BCUT2D eigenvalue weighted by molar-refractivity contribution is 5.79. The van der Waals surface area contributed by atoms with Crippen molar-refractivity contribution in [2.45, 2.75) is 37.4 Å². The van der Waals surface area contributed by atoms with Crippen LogP contribution in [0.2, 0.25) is 0 Å². The molecule has 2 fully saturated rings. The third-order valence-electron chi connectivity index (χ3n) is 6.64. The van der Waals surface area contributed by atoms with Gasteiger partial charge in [-0.2, -0.15) is 0 Å². The van der Waals surface area contributed by atoms with E-state index in [2.05, 4.69) is 10.2 Å². The van der Waals surface area contributed by atoms with Crippen molar-refractivity contribution in [3.8, 4) is 11.5 Å². The van der Waals surface area contributed by atoms with Crippen LogP contribution in [0.3, 0.4) is 0 Å². The van der Waals surface area contributed by atoms with Crippen LogP contribution in [0.25, 0.3) is 0 Å². The fraction of sp³-hybridized carbons (Fsp3) is 0.619. The summed E-state index contributed by atoms with van der Waals surface area (Å²) < 4.78 is 24.1. The first kappa shape index (κ1) is 20.7. The molecule has 4 rings (SSSR count). The molecule has 2 amide bonds. The highest BCUT2D eigenvalue weighted by Crippen LogP contribution is 2.43. The van der Waals surface area contributed by atoms with E-state index in [4.69, 9.17) is 9.47 Å². The first-order valence-electron chi connectivity index (χ1n) is 10.3. The van der Waals surface area contributed by atoms with E-state index in [1.165, 1.54) is 0 Å². The highest BCUT2D eigenvalue weighted by Gasteiger charge is 2.45. The molecular formula is C21H28FN3O5. The standard InChI is InChI=1S/C21H28FN3O5/c1-29-18-6-13-3-4-24-11-17(25-10-12(9-22)5-20(25)26)15(23-21(27)28)8-16(24)14(13)7-19(18)30-2/h6-7,12,15-17,23H,3-5,8-11H2,1-2H3,(H,27,28). The first-order chi connectivity index (χ1) is 14.4. The van der Waals surface area contributed by atoms with E-state index in [1.54, 1.807) is 19.1 Å². The van der Waals surface area contributed by atoms with Crippen molar-refractivity contribution in [1.29, 1.82) is 0 Å². The van der Waals surface area contributed by atoms with Crippen molar-refractivity contribution < 1.29 is 28.6 Å². The summed E-state index contributed by atoms with van der Waals surface area (Å²) in [5.41, 5.74) is 2.26. The van der Waals surface area contributed by atoms with Crippen LogP contribution in [0.15, 0.2) is 12.1 Å². The van der Waals surface area contributed by atoms with Crippen molar-refractivity contribution in [2.24, 2.45) is 5.92 Å². The van der Waals surface area contributed by atoms with Gasteiger partial charge in [0.2, 0.25) is 5.91 Å². The lowest BCUT2D eigenvalue weighted by Gasteiger charge is -2.49. The lowest BCUT2D eigenvalue weighted by molar-refractivity contribution is -0.132. The first-order valence-corrected chi connectivity index (χ1v) is 10.3. The number of benzene rings is 1. The van der Waals surface area contributed by atoms with Crippen LogP contribution >= 0.6 is 0 Å². The van der Waals surface area contributed by atoms with Crippen LogP contribution in [0, 0.1) is 5.92 Å². The SMILES string of the molecule is COc1cc2c(cc1OC)C1CC(NC(=O)O)C(N3CC(CF)CC3=O)CN1CC2. The van der Waals surface area contributed by atoms with E-state index in [0.717, 1.165) is 24.1 Å². The summed E-state index contributed by atoms with van der Waals surface area (Å²) in [5.74, 6) is 0.920. The molecule has 0 radical (unpaired) electrons. The number of fused-ring (bicyclic) bond motifs is 3. The number of nitrogens with zero attached hydrogens (tertiary/aromatic N) is 2. The molecule has 3 aliphatic rings. The third kappa shape index (κ3) is 3.66. The van der Waals surface area contributed by atoms with Crippen LogP contribution in [-0.2, 0) is 11.2 Å². The molecule has 8 nitrogen and oxygen atoms in total. The van der Waals surface area contributed by atoms with Crippen molar-refractivity contribution in [3.05, 3.63) is 23.3 Å². The summed E-state index contributed by atoms with van der Waals surface area (Å²) in [5, 5.41) is 12.0. The monoisotopic (exact) mass is 421 g/mol. The van der Waals surface area contributed by atoms with Gasteiger partial charge in [-0.25, -0.2) is 4.79 Å². The van der Waals surface area contributed by atoms with Gasteiger partial charge in [0, 0.05) is 38.0 Å². The van der Waals surface area contributed by atoms with E-state index in [0.29, 0.717) is 31.0 Å². The number of piperidine rings is 1. The number of nitrogens with one attached hydrogen (secondary N) is 1. The Labute approximate surface area is 174 Å². The molecule has 2 N–H and O–H groups in total. The number of halogens is 1. The average molecular weight is 421 g/mol. The Morgan fingerprint density at radius 2 is 2.00 bits per heavy atom. The quantitative estimate of drug-likeness (QED) is 0.754. The lowest BCUT2D eigenvalue weighted by atomic mass is 9.82. The average Bonchev–Trinajstić information content (AvgIpc) is 3.12. The molecule has 3 aliphatic heterocycles. The van der Waals surface area contributed by atoms with E-state index in [9.17, 15) is 19.1 Å². The number of carboxylic acid groups (broad SMARTS) is 1. The van der Waals surface area contributed by atoms with Gasteiger partial charge >= 0.3 is 6.09 Å². The molecule has 4 atom stereocenters. The van der Waals surface area contributed by atoms with Gasteiger partial charge < -0.3 is 24.8 Å². The Morgan fingerprint density at radius 1 is 1.27 bits per heavy atom. The van der Waals surface area contributed by atoms with E-state index in [-0.39, 0.29) is 30.3 Å². The number of hydrogen-bond donors (Lipinski definition) is 2. The molecular weight excluding hydrogens is 393 g/mol. The second-order valence-corrected chi connectivity index (χ2v) is 8.30. The largest absolute Gasteiger partial charge is 0.493 e. The number of methoxy groups -OCH3 is 2. The van der Waals surface area contributed by atoms with Crippen LogP contribution in [-0.4, -0.2) is 79.5 Å². The fourth-order valence-corrected chi connectivity index (χ4v) is 5.20. The van der Waals surface area contributed by atoms with E-state index in [1.807, 2.05) is 12.1 Å². The summed E-state index contributed by atoms with van der Waals surface area (Å²) in [7, 11) is 3.20. The van der Waals surface area contributed by atoms with Gasteiger partial charge in [0.1, 0.15) is 0 Å². The van der Waals surface area contributed by atoms with Crippen molar-refractivity contribution in [1.82, 2.24) is 15.1 Å². The Bertz CT molecular complexity index is 835. The zero-order chi connectivity index (χ0) is 21.4. The smallest absolute Gasteiger partial charge is 0.404 e. The van der Waals surface area contributed by atoms with Gasteiger partial charge in [0.25, 0.3) is 0 Å². The van der Waals surface area contributed by atoms with Crippen molar-refractivity contribution in [2.75, 3.05) is 40.5 Å². The summed E-state index contributed by atoms with van der Waals surface area (Å²) in [6.45, 7) is 1.16. The highest BCUT2D eigenvalue weighted by atomic mass is 19.1. The number of likely N-dealkylation sites (tertiary alicyclic amines) is 1. The maximum atomic E-state index is 13.2. The minimum absolute atomic E-state index is 0.0105. The lowest BCUT2D eigenvalue weighted by Crippen LogP contribution is -2.62. The molecule has 3 heterocycles. The molecule has 0 spiro atoms. The molecule has 0 bridgehead atoms. The summed E-state index contributed by atoms with van der Waals surface area (Å²) in [6, 6.07) is 3.25. The van der Waals surface area contributed by atoms with Crippen molar-refractivity contribution >= 4 is 12.0 Å². The minimum atomic E-state index is -1.12. The van der Waals surface area contributed by atoms with Gasteiger partial charge in [-0.15, -0.1) is 0 Å². The Kier molecular flexibility index (Phi) is 5.73. The van der Waals surface area contributed by atoms with Crippen LogP contribution in [0.1, 0.15) is 30.0 Å². The van der Waals surface area contributed by atoms with E-state index >= 15 is 0 Å². The van der Waals surface area contributed by atoms with E-state index < -0.39 is 18.8 Å². The van der Waals surface area contributed by atoms with Crippen LogP contribution < -0.4 is 14.8 Å². The third-order valence-corrected chi connectivity index (χ3v) is 6.64. The zero-order valence-corrected chi connectivity index (χ0v) is 17.3. The topological polar surface area (TPSA) is 91.3 Å². The zero-order valence-electron chi connectivity index (χ0n) is 17.3. The molecule has 9 heteroatoms. The normalized spacial score (nSPS) is 28.6. The van der Waals surface area contributed by atoms with Gasteiger partial charge in [-0.05, 0) is 36.1 Å². The fourth-order valence-electron chi connectivity index (χ4n) is 5.20. The maximum Gasteiger partial charge on any atom is 0.404 e. The number of alkyl halides is 1. The summed E-state index contributed by atoms with van der Waals surface area (Å²) in [4.78, 5) is 28.0. The minimum Gasteiger partial charge on any atom is -0.493 e. The molecule has 1 aromatic carbocycles. The number of hydrogen-bond acceptors (Lipinski definition) is 5. The number of ether oxygens (including phenoxy) is 2. The maximum absolute atomic E-state index is 13.2. The number of rotatable bonds is 5. The summed E-state index contributed by atoms with van der Waals surface area (Å²) >= 11 is 0. The van der Waals surface area contributed by atoms with Gasteiger partial charge in [-0.3, -0.25) is 14.1 Å². The molecule has 1 aromatic rings. The van der Waals surface area contributed by atoms with Crippen LogP contribution in [0.4, 0.5) is 9.18 Å². The van der Waals surface area contributed by atoms with Crippen molar-refractivity contribution in [3.63, 3.8) is 0 Å². The summed E-state index contributed by atoms with van der Waals surface area (Å²) in [6.07, 6.45) is 0.437. The molecule has 2 saturated heterocycles. The molecule has 4 unspecified atom stereocenters. The second-order valence-electron chi connectivity index (χ2n) is 8.30. The van der Waals surface area contributed by atoms with Gasteiger partial charge in [0.05, 0.1) is 33.0 Å². The number of carbonyl (C=O) groups is 2. The predicted octanol–water partition coefficient (Wildman–Crippen LogP) is 1.83. The second kappa shape index (κ2) is 8.29. The Hall–Kier alpha value is -2.55. The van der Waals surface area contributed by atoms with Crippen LogP contribution in [0.5, 0.6) is 11.5 Å². The Morgan fingerprint density at radius 3 is 2.63 bits per heavy atom.